The number of nitrogens with one attached hydrogen (secondary N) is 2. The number of rotatable bonds is 9. The number of amides is 1. The van der Waals surface area contributed by atoms with Gasteiger partial charge in [-0.05, 0) is 68.0 Å². The third-order valence-electron chi connectivity index (χ3n) is 8.25. The maximum Gasteiger partial charge on any atom is 0.408 e. The van der Waals surface area contributed by atoms with Crippen molar-refractivity contribution in [2.75, 3.05) is 12.4 Å². The van der Waals surface area contributed by atoms with Gasteiger partial charge in [-0.2, -0.15) is 13.2 Å². The summed E-state index contributed by atoms with van der Waals surface area (Å²) in [6.07, 6.45) is -2.60. The molecule has 5 rings (SSSR count). The fraction of sp³-hybridized carbons (Fsp3) is 0.333. The molecule has 4 aromatic rings. The molecule has 2 aromatic carbocycles. The summed E-state index contributed by atoms with van der Waals surface area (Å²) in [4.78, 5) is 43.6. The first-order chi connectivity index (χ1) is 21.7. The number of aromatic nitrogens is 2. The zero-order valence-electron chi connectivity index (χ0n) is 25.4. The third-order valence-corrected chi connectivity index (χ3v) is 8.25. The third kappa shape index (κ3) is 6.44. The number of hydrogen-bond acceptors (Lipinski definition) is 6. The Kier molecular flexibility index (Phi) is 8.87. The molecule has 1 saturated carbocycles. The average molecular weight is 643 g/mol. The maximum absolute atomic E-state index is 15.0. The van der Waals surface area contributed by atoms with E-state index in [0.29, 0.717) is 52.6 Å². The minimum Gasteiger partial charge on any atom is -0.467 e. The number of aryl methyl sites for hydroxylation is 2. The van der Waals surface area contributed by atoms with Crippen molar-refractivity contribution in [2.24, 2.45) is 13.0 Å². The fourth-order valence-electron chi connectivity index (χ4n) is 5.65. The summed E-state index contributed by atoms with van der Waals surface area (Å²) in [7, 11) is 2.75. The van der Waals surface area contributed by atoms with E-state index in [9.17, 15) is 27.6 Å². The molecule has 2 atom stereocenters. The van der Waals surface area contributed by atoms with Crippen LogP contribution in [0.15, 0.2) is 53.5 Å². The molecule has 13 heteroatoms. The van der Waals surface area contributed by atoms with Gasteiger partial charge in [-0.1, -0.05) is 18.2 Å². The van der Waals surface area contributed by atoms with E-state index in [1.165, 1.54) is 4.57 Å². The number of ether oxygens (including phenoxy) is 1. The molecule has 0 spiro atoms. The molecule has 0 unspecified atom stereocenters. The highest BCUT2D eigenvalue weighted by molar-refractivity contribution is 5.99. The van der Waals surface area contributed by atoms with Gasteiger partial charge in [-0.15, -0.1) is 0 Å². The lowest BCUT2D eigenvalue weighted by atomic mass is 9.93. The van der Waals surface area contributed by atoms with Gasteiger partial charge >= 0.3 is 12.1 Å². The predicted octanol–water partition coefficient (Wildman–Crippen LogP) is 5.76. The molecule has 8 nitrogen and oxygen atoms in total. The van der Waals surface area contributed by atoms with E-state index in [2.05, 4.69) is 15.6 Å². The Morgan fingerprint density at radius 2 is 1.76 bits per heavy atom. The number of halogens is 5. The highest BCUT2D eigenvalue weighted by Crippen LogP contribution is 2.42. The van der Waals surface area contributed by atoms with Crippen LogP contribution in [0.1, 0.15) is 40.0 Å². The van der Waals surface area contributed by atoms with E-state index in [4.69, 9.17) is 4.74 Å². The van der Waals surface area contributed by atoms with Crippen LogP contribution in [-0.4, -0.2) is 46.8 Å². The molecular weight excluding hydrogens is 611 g/mol. The topological polar surface area (TPSA) is 102 Å². The lowest BCUT2D eigenvalue weighted by molar-refractivity contribution is -0.146. The van der Waals surface area contributed by atoms with E-state index in [0.717, 1.165) is 18.4 Å². The van der Waals surface area contributed by atoms with E-state index < -0.39 is 58.9 Å². The SMILES string of the molecule is COC(=O)[C@H](Cc1ccc(-c2c(C)cc(C)n(C)c2=O)c2ncccc12)NC(=O)c1c(F)cc(N[C@H](C2CC2)C(F)(F)F)cc1F. The largest absolute Gasteiger partial charge is 0.467 e. The van der Waals surface area contributed by atoms with Crippen molar-refractivity contribution >= 4 is 28.5 Å². The number of anilines is 1. The predicted molar refractivity (Wildman–Crippen MR) is 161 cm³/mol. The number of esters is 1. The Hall–Kier alpha value is -4.81. The van der Waals surface area contributed by atoms with Gasteiger partial charge in [0.25, 0.3) is 11.5 Å². The number of benzene rings is 2. The number of hydrogen-bond donors (Lipinski definition) is 2. The van der Waals surface area contributed by atoms with Crippen molar-refractivity contribution in [2.45, 2.75) is 51.4 Å². The number of carbonyl (C=O) groups is 2. The first-order valence-corrected chi connectivity index (χ1v) is 14.5. The van der Waals surface area contributed by atoms with Crippen molar-refractivity contribution in [3.63, 3.8) is 0 Å². The quantitative estimate of drug-likeness (QED) is 0.178. The van der Waals surface area contributed by atoms with Gasteiger partial charge in [0.15, 0.2) is 0 Å². The molecular formula is C33H31F5N4O4. The summed E-state index contributed by atoms with van der Waals surface area (Å²) in [5.74, 6) is -5.73. The summed E-state index contributed by atoms with van der Waals surface area (Å²) in [5.41, 5.74) is 1.75. The van der Waals surface area contributed by atoms with Gasteiger partial charge < -0.3 is 19.9 Å². The molecule has 1 amide bonds. The van der Waals surface area contributed by atoms with Crippen LogP contribution in [0.25, 0.3) is 22.0 Å². The summed E-state index contributed by atoms with van der Waals surface area (Å²) in [6, 6.07) is 6.44. The van der Waals surface area contributed by atoms with E-state index in [1.54, 1.807) is 37.5 Å². The second-order valence-corrected chi connectivity index (χ2v) is 11.4. The fourth-order valence-corrected chi connectivity index (χ4v) is 5.65. The van der Waals surface area contributed by atoms with Gasteiger partial charge in [0, 0.05) is 42.0 Å². The van der Waals surface area contributed by atoms with E-state index >= 15 is 8.78 Å². The van der Waals surface area contributed by atoms with Crippen LogP contribution < -0.4 is 16.2 Å². The van der Waals surface area contributed by atoms with E-state index in [-0.39, 0.29) is 12.0 Å². The molecule has 0 saturated heterocycles. The Labute approximate surface area is 260 Å². The highest BCUT2D eigenvalue weighted by Gasteiger charge is 2.49. The zero-order chi connectivity index (χ0) is 33.5. The first-order valence-electron chi connectivity index (χ1n) is 14.5. The van der Waals surface area contributed by atoms with Crippen LogP contribution in [0.3, 0.4) is 0 Å². The molecule has 46 heavy (non-hydrogen) atoms. The number of carbonyl (C=O) groups excluding carboxylic acids is 2. The second-order valence-electron chi connectivity index (χ2n) is 11.4. The molecule has 2 N–H and O–H groups in total. The van der Waals surface area contributed by atoms with Gasteiger partial charge in [-0.25, -0.2) is 13.6 Å². The lowest BCUT2D eigenvalue weighted by Gasteiger charge is -2.23. The number of alkyl halides is 3. The highest BCUT2D eigenvalue weighted by atomic mass is 19.4. The van der Waals surface area contributed by atoms with Gasteiger partial charge in [0.05, 0.1) is 18.2 Å². The van der Waals surface area contributed by atoms with Crippen molar-refractivity contribution in [3.8, 4) is 11.1 Å². The normalized spacial score (nSPS) is 14.5. The molecule has 2 heterocycles. The van der Waals surface area contributed by atoms with Crippen molar-refractivity contribution in [1.29, 1.82) is 0 Å². The summed E-state index contributed by atoms with van der Waals surface area (Å²) in [6.45, 7) is 3.64. The molecule has 0 aliphatic heterocycles. The molecule has 1 fully saturated rings. The summed E-state index contributed by atoms with van der Waals surface area (Å²) in [5, 5.41) is 5.00. The van der Waals surface area contributed by atoms with Gasteiger partial charge in [0.2, 0.25) is 0 Å². The van der Waals surface area contributed by atoms with Crippen molar-refractivity contribution in [3.05, 3.63) is 93.0 Å². The standard InChI is InChI=1S/C33H31F5N4O4/c1-16-12-17(2)42(3)31(44)26(16)22-10-9-19(21-6-5-11-39-28(21)22)13-25(32(45)46-4)41-30(43)27-23(34)14-20(15-24(27)35)40-29(18-7-8-18)33(36,37)38/h5-6,9-12,14-15,18,25,29,40H,7-8,13H2,1-4H3,(H,41,43)/t25-,29+/m0/s1. The van der Waals surface area contributed by atoms with Crippen LogP contribution in [0.2, 0.25) is 0 Å². The average Bonchev–Trinajstić information content (AvgIpc) is 3.83. The Morgan fingerprint density at radius 3 is 2.37 bits per heavy atom. The number of methoxy groups -OCH3 is 1. The van der Waals surface area contributed by atoms with Crippen LogP contribution in [0.5, 0.6) is 0 Å². The Morgan fingerprint density at radius 1 is 1.09 bits per heavy atom. The van der Waals surface area contributed by atoms with Crippen LogP contribution >= 0.6 is 0 Å². The second kappa shape index (κ2) is 12.5. The molecule has 2 aromatic heterocycles. The van der Waals surface area contributed by atoms with Gasteiger partial charge in [-0.3, -0.25) is 14.6 Å². The lowest BCUT2D eigenvalue weighted by Crippen LogP contribution is -2.43. The molecule has 0 radical (unpaired) electrons. The Bertz CT molecular complexity index is 1880. The van der Waals surface area contributed by atoms with Crippen LogP contribution in [-0.2, 0) is 23.0 Å². The molecule has 242 valence electrons. The maximum atomic E-state index is 15.0. The first kappa shape index (κ1) is 32.6. The minimum atomic E-state index is -4.63. The molecule has 1 aliphatic rings. The molecule has 0 bridgehead atoms. The minimum absolute atomic E-state index is 0.177. The molecule has 1 aliphatic carbocycles. The zero-order valence-corrected chi connectivity index (χ0v) is 25.4. The smallest absolute Gasteiger partial charge is 0.408 e. The summed E-state index contributed by atoms with van der Waals surface area (Å²) < 4.78 is 76.8. The van der Waals surface area contributed by atoms with Gasteiger partial charge in [0.1, 0.15) is 29.3 Å². The number of pyridine rings is 2. The van der Waals surface area contributed by atoms with Crippen LogP contribution in [0, 0.1) is 31.4 Å². The Balaban J connectivity index is 1.45. The monoisotopic (exact) mass is 642 g/mol. The van der Waals surface area contributed by atoms with Crippen LogP contribution in [0.4, 0.5) is 27.6 Å². The number of nitrogens with zero attached hydrogens (tertiary/aromatic N) is 2. The summed E-state index contributed by atoms with van der Waals surface area (Å²) >= 11 is 0. The van der Waals surface area contributed by atoms with Crippen molar-refractivity contribution < 1.29 is 36.3 Å². The number of fused-ring (bicyclic) bond motifs is 1. The van der Waals surface area contributed by atoms with E-state index in [1.807, 2.05) is 19.9 Å². The van der Waals surface area contributed by atoms with Crippen molar-refractivity contribution in [1.82, 2.24) is 14.9 Å².